The van der Waals surface area contributed by atoms with Gasteiger partial charge in [0.1, 0.15) is 11.2 Å². The van der Waals surface area contributed by atoms with Crippen molar-refractivity contribution in [3.8, 4) is 35.2 Å². The van der Waals surface area contributed by atoms with Crippen LogP contribution in [0.5, 0.6) is 11.5 Å². The molecule has 0 aromatic heterocycles. The Morgan fingerprint density at radius 1 is 0.641 bits per heavy atom. The molecule has 0 heterocycles. The van der Waals surface area contributed by atoms with Crippen molar-refractivity contribution in [2.45, 2.75) is 52.7 Å². The molecule has 0 fully saturated rings. The average molecular weight is 525 g/mol. The molecule has 0 radical (unpaired) electrons. The number of carbonyl (C=O) groups excluding carboxylic acids is 2. The van der Waals surface area contributed by atoms with Crippen LogP contribution in [-0.2, 0) is 9.47 Å². The summed E-state index contributed by atoms with van der Waals surface area (Å²) in [6.45, 7) is 10.9. The molecule has 0 aliphatic rings. The summed E-state index contributed by atoms with van der Waals surface area (Å²) in [5, 5.41) is 10.3. The van der Waals surface area contributed by atoms with Crippen molar-refractivity contribution in [2.24, 2.45) is 0 Å². The van der Waals surface area contributed by atoms with E-state index in [2.05, 4.69) is 23.7 Å². The first-order valence-electron chi connectivity index (χ1n) is 12.4. The number of aromatic hydroxyl groups is 1. The smallest absolute Gasteiger partial charge is 0.338 e. The van der Waals surface area contributed by atoms with Crippen LogP contribution in [0.3, 0.4) is 0 Å². The Hall–Kier alpha value is -4.68. The number of hydrogen-bond acceptors (Lipinski definition) is 6. The molecule has 3 rings (SSSR count). The van der Waals surface area contributed by atoms with Crippen molar-refractivity contribution in [2.75, 3.05) is 7.11 Å². The minimum Gasteiger partial charge on any atom is -0.504 e. The van der Waals surface area contributed by atoms with Gasteiger partial charge in [-0.3, -0.25) is 0 Å². The normalized spacial score (nSPS) is 10.8. The molecule has 0 bridgehead atoms. The SMILES string of the molecule is COc1cc(C#Cc2ccc(C(=O)OC(C)(C)C)cc2)c(C#Cc2ccc(C(=O)OC(C)(C)C)cc2)cc1O. The second kappa shape index (κ2) is 11.8. The van der Waals surface area contributed by atoms with Gasteiger partial charge in [0.2, 0.25) is 0 Å². The molecule has 1 N–H and O–H groups in total. The Balaban J connectivity index is 1.87. The lowest BCUT2D eigenvalue weighted by Crippen LogP contribution is -2.23. The molecule has 0 unspecified atom stereocenters. The molecule has 6 heteroatoms. The van der Waals surface area contributed by atoms with Crippen molar-refractivity contribution in [3.05, 3.63) is 94.0 Å². The summed E-state index contributed by atoms with van der Waals surface area (Å²) in [5.41, 5.74) is 2.13. The van der Waals surface area contributed by atoms with E-state index in [-0.39, 0.29) is 11.5 Å². The van der Waals surface area contributed by atoms with Crippen LogP contribution in [0.4, 0.5) is 0 Å². The minimum atomic E-state index is -0.580. The number of benzene rings is 3. The van der Waals surface area contributed by atoms with Crippen LogP contribution < -0.4 is 4.74 Å². The standard InChI is InChI=1S/C33H32O6/c1-32(2,3)38-30(35)24-14-8-22(9-15-24)12-18-26-20-28(34)29(37-7)21-27(26)19-13-23-10-16-25(17-11-23)31(36)39-33(4,5)6/h8-11,14-17,20-21,34H,1-7H3. The first kappa shape index (κ1) is 28.9. The zero-order chi connectivity index (χ0) is 28.8. The van der Waals surface area contributed by atoms with Gasteiger partial charge >= 0.3 is 11.9 Å². The number of ether oxygens (including phenoxy) is 3. The van der Waals surface area contributed by atoms with Gasteiger partial charge in [0.25, 0.3) is 0 Å². The van der Waals surface area contributed by atoms with E-state index in [4.69, 9.17) is 14.2 Å². The summed E-state index contributed by atoms with van der Waals surface area (Å²) >= 11 is 0. The molecule has 6 nitrogen and oxygen atoms in total. The van der Waals surface area contributed by atoms with E-state index in [0.717, 1.165) is 0 Å². The van der Waals surface area contributed by atoms with Crippen LogP contribution in [0.25, 0.3) is 0 Å². The molecule has 0 aliphatic carbocycles. The molecule has 0 spiro atoms. The van der Waals surface area contributed by atoms with E-state index >= 15 is 0 Å². The fraction of sp³-hybridized carbons (Fsp3) is 0.273. The number of methoxy groups -OCH3 is 1. The molecule has 0 atom stereocenters. The molecule has 0 amide bonds. The molecular formula is C33H32O6. The van der Waals surface area contributed by atoms with Crippen LogP contribution in [-0.4, -0.2) is 35.4 Å². The largest absolute Gasteiger partial charge is 0.504 e. The summed E-state index contributed by atoms with van der Waals surface area (Å²) in [5.74, 6) is 11.6. The fourth-order valence-electron chi connectivity index (χ4n) is 3.27. The second-order valence-electron chi connectivity index (χ2n) is 10.7. The monoisotopic (exact) mass is 524 g/mol. The van der Waals surface area contributed by atoms with Gasteiger partial charge in [-0.15, -0.1) is 0 Å². The van der Waals surface area contributed by atoms with Crippen molar-refractivity contribution < 1.29 is 28.9 Å². The Labute approximate surface area is 229 Å². The Morgan fingerprint density at radius 3 is 1.38 bits per heavy atom. The van der Waals surface area contributed by atoms with Crippen molar-refractivity contribution in [3.63, 3.8) is 0 Å². The Bertz CT molecular complexity index is 1480. The number of carbonyl (C=O) groups is 2. The Morgan fingerprint density at radius 2 is 1.03 bits per heavy atom. The lowest BCUT2D eigenvalue weighted by molar-refractivity contribution is 0.00570. The zero-order valence-corrected chi connectivity index (χ0v) is 23.3. The maximum Gasteiger partial charge on any atom is 0.338 e. The van der Waals surface area contributed by atoms with E-state index in [1.807, 2.05) is 41.5 Å². The van der Waals surface area contributed by atoms with Gasteiger partial charge < -0.3 is 19.3 Å². The van der Waals surface area contributed by atoms with E-state index in [0.29, 0.717) is 33.4 Å². The lowest BCUT2D eigenvalue weighted by atomic mass is 10.0. The molecule has 3 aromatic carbocycles. The number of esters is 2. The predicted octanol–water partition coefficient (Wildman–Crippen LogP) is 6.11. The van der Waals surface area contributed by atoms with Crippen LogP contribution >= 0.6 is 0 Å². The lowest BCUT2D eigenvalue weighted by Gasteiger charge is -2.19. The van der Waals surface area contributed by atoms with Gasteiger partial charge in [0.15, 0.2) is 11.5 Å². The van der Waals surface area contributed by atoms with Crippen LogP contribution in [0, 0.1) is 23.7 Å². The van der Waals surface area contributed by atoms with Gasteiger partial charge in [0.05, 0.1) is 18.2 Å². The molecule has 39 heavy (non-hydrogen) atoms. The highest BCUT2D eigenvalue weighted by atomic mass is 16.6. The molecule has 0 saturated carbocycles. The van der Waals surface area contributed by atoms with E-state index in [9.17, 15) is 14.7 Å². The summed E-state index contributed by atoms with van der Waals surface area (Å²) in [4.78, 5) is 24.5. The van der Waals surface area contributed by atoms with E-state index in [1.165, 1.54) is 13.2 Å². The second-order valence-corrected chi connectivity index (χ2v) is 10.7. The third kappa shape index (κ3) is 8.69. The molecular weight excluding hydrogens is 492 g/mol. The Kier molecular flexibility index (Phi) is 8.74. The number of phenolic OH excluding ortho intramolecular Hbond substituents is 1. The highest BCUT2D eigenvalue weighted by molar-refractivity contribution is 5.90. The maximum absolute atomic E-state index is 12.3. The quantitative estimate of drug-likeness (QED) is 0.329. The van der Waals surface area contributed by atoms with Crippen LogP contribution in [0.2, 0.25) is 0 Å². The van der Waals surface area contributed by atoms with Gasteiger partial charge in [-0.2, -0.15) is 0 Å². The fourth-order valence-corrected chi connectivity index (χ4v) is 3.27. The number of phenols is 1. The van der Waals surface area contributed by atoms with E-state index < -0.39 is 23.1 Å². The van der Waals surface area contributed by atoms with E-state index in [1.54, 1.807) is 54.6 Å². The minimum absolute atomic E-state index is 0.0608. The van der Waals surface area contributed by atoms with Crippen molar-refractivity contribution in [1.29, 1.82) is 0 Å². The third-order valence-electron chi connectivity index (χ3n) is 5.04. The zero-order valence-electron chi connectivity index (χ0n) is 23.3. The average Bonchev–Trinajstić information content (AvgIpc) is 2.85. The predicted molar refractivity (Wildman–Crippen MR) is 150 cm³/mol. The summed E-state index contributed by atoms with van der Waals surface area (Å²) in [6.07, 6.45) is 0. The van der Waals surface area contributed by atoms with Gasteiger partial charge in [-0.1, -0.05) is 23.7 Å². The number of rotatable bonds is 3. The van der Waals surface area contributed by atoms with Gasteiger partial charge in [-0.05, 0) is 90.1 Å². The van der Waals surface area contributed by atoms with Gasteiger partial charge in [-0.25, -0.2) is 9.59 Å². The first-order valence-corrected chi connectivity index (χ1v) is 12.4. The van der Waals surface area contributed by atoms with Crippen molar-refractivity contribution in [1.82, 2.24) is 0 Å². The summed E-state index contributed by atoms with van der Waals surface area (Å²) in [6, 6.07) is 16.7. The first-order chi connectivity index (χ1) is 18.2. The van der Waals surface area contributed by atoms with Crippen molar-refractivity contribution >= 4 is 11.9 Å². The third-order valence-corrected chi connectivity index (χ3v) is 5.04. The highest BCUT2D eigenvalue weighted by Gasteiger charge is 2.18. The number of hydrogen-bond donors (Lipinski definition) is 1. The topological polar surface area (TPSA) is 82.1 Å². The summed E-state index contributed by atoms with van der Waals surface area (Å²) in [7, 11) is 1.46. The maximum atomic E-state index is 12.3. The summed E-state index contributed by atoms with van der Waals surface area (Å²) < 4.78 is 16.0. The highest BCUT2D eigenvalue weighted by Crippen LogP contribution is 2.29. The van der Waals surface area contributed by atoms with Crippen LogP contribution in [0.1, 0.15) is 84.5 Å². The molecule has 0 aliphatic heterocycles. The van der Waals surface area contributed by atoms with Gasteiger partial charge in [0, 0.05) is 34.4 Å². The molecule has 200 valence electrons. The van der Waals surface area contributed by atoms with Crippen LogP contribution in [0.15, 0.2) is 60.7 Å². The molecule has 0 saturated heterocycles. The molecule has 3 aromatic rings.